The summed E-state index contributed by atoms with van der Waals surface area (Å²) in [7, 11) is 1.70. The van der Waals surface area contributed by atoms with Gasteiger partial charge in [0, 0.05) is 20.1 Å². The van der Waals surface area contributed by atoms with Gasteiger partial charge in [0.15, 0.2) is 5.79 Å². The zero-order valence-corrected chi connectivity index (χ0v) is 9.46. The first-order chi connectivity index (χ1) is 7.35. The van der Waals surface area contributed by atoms with Gasteiger partial charge in [-0.3, -0.25) is 0 Å². The first-order valence-electron chi connectivity index (χ1n) is 5.86. The standard InChI is InChI=1S/C11H21NO3/c1-13-9-11(5-2-3-7-14-11)15-10-4-6-12-8-10/h10,12H,2-9H2,1H3. The van der Waals surface area contributed by atoms with Crippen molar-refractivity contribution in [3.05, 3.63) is 0 Å². The van der Waals surface area contributed by atoms with E-state index in [2.05, 4.69) is 5.32 Å². The van der Waals surface area contributed by atoms with Gasteiger partial charge in [0.25, 0.3) is 0 Å². The van der Waals surface area contributed by atoms with Crippen molar-refractivity contribution in [2.75, 3.05) is 33.4 Å². The van der Waals surface area contributed by atoms with Gasteiger partial charge in [0.2, 0.25) is 0 Å². The van der Waals surface area contributed by atoms with Crippen LogP contribution in [0.15, 0.2) is 0 Å². The van der Waals surface area contributed by atoms with E-state index in [9.17, 15) is 0 Å². The van der Waals surface area contributed by atoms with E-state index in [4.69, 9.17) is 14.2 Å². The summed E-state index contributed by atoms with van der Waals surface area (Å²) >= 11 is 0. The molecule has 0 spiro atoms. The van der Waals surface area contributed by atoms with Crippen molar-refractivity contribution in [2.45, 2.75) is 37.6 Å². The van der Waals surface area contributed by atoms with Crippen LogP contribution < -0.4 is 5.32 Å². The molecule has 2 atom stereocenters. The largest absolute Gasteiger partial charge is 0.379 e. The highest BCUT2D eigenvalue weighted by Gasteiger charge is 2.37. The third kappa shape index (κ3) is 2.91. The predicted octanol–water partition coefficient (Wildman–Crippen LogP) is 0.908. The maximum Gasteiger partial charge on any atom is 0.192 e. The van der Waals surface area contributed by atoms with Crippen molar-refractivity contribution in [1.82, 2.24) is 5.32 Å². The number of ether oxygens (including phenoxy) is 3. The normalized spacial score (nSPS) is 37.0. The van der Waals surface area contributed by atoms with Crippen molar-refractivity contribution >= 4 is 0 Å². The summed E-state index contributed by atoms with van der Waals surface area (Å²) in [5.74, 6) is -0.469. The molecular weight excluding hydrogens is 194 g/mol. The van der Waals surface area contributed by atoms with E-state index in [1.165, 1.54) is 6.42 Å². The Labute approximate surface area is 91.3 Å². The van der Waals surface area contributed by atoms with Crippen LogP contribution in [0, 0.1) is 0 Å². The first kappa shape index (κ1) is 11.3. The van der Waals surface area contributed by atoms with Crippen molar-refractivity contribution in [3.8, 4) is 0 Å². The molecule has 0 aromatic heterocycles. The minimum absolute atomic E-state index is 0.290. The van der Waals surface area contributed by atoms with Gasteiger partial charge in [-0.05, 0) is 25.8 Å². The Bertz CT molecular complexity index is 181. The lowest BCUT2D eigenvalue weighted by molar-refractivity contribution is -0.290. The number of hydrogen-bond donors (Lipinski definition) is 1. The highest BCUT2D eigenvalue weighted by Crippen LogP contribution is 2.29. The van der Waals surface area contributed by atoms with Gasteiger partial charge < -0.3 is 19.5 Å². The third-order valence-electron chi connectivity index (χ3n) is 3.08. The molecule has 2 rings (SSSR count). The van der Waals surface area contributed by atoms with Crippen LogP contribution in [0.25, 0.3) is 0 Å². The van der Waals surface area contributed by atoms with Crippen LogP contribution in [-0.4, -0.2) is 45.3 Å². The lowest BCUT2D eigenvalue weighted by Crippen LogP contribution is -2.46. The van der Waals surface area contributed by atoms with Crippen LogP contribution in [0.3, 0.4) is 0 Å². The molecule has 0 radical (unpaired) electrons. The molecule has 4 nitrogen and oxygen atoms in total. The lowest BCUT2D eigenvalue weighted by Gasteiger charge is -2.38. The third-order valence-corrected chi connectivity index (χ3v) is 3.08. The molecule has 0 bridgehead atoms. The van der Waals surface area contributed by atoms with Crippen LogP contribution in [0.4, 0.5) is 0 Å². The van der Waals surface area contributed by atoms with Crippen LogP contribution in [0.1, 0.15) is 25.7 Å². The maximum atomic E-state index is 6.07. The van der Waals surface area contributed by atoms with E-state index in [-0.39, 0.29) is 0 Å². The van der Waals surface area contributed by atoms with Gasteiger partial charge in [-0.25, -0.2) is 0 Å². The van der Waals surface area contributed by atoms with E-state index < -0.39 is 5.79 Å². The molecule has 0 amide bonds. The Kier molecular flexibility index (Phi) is 3.97. The molecule has 0 aromatic rings. The summed E-state index contributed by atoms with van der Waals surface area (Å²) in [5, 5.41) is 3.30. The van der Waals surface area contributed by atoms with Crippen LogP contribution in [0.2, 0.25) is 0 Å². The molecule has 2 fully saturated rings. The van der Waals surface area contributed by atoms with E-state index in [0.29, 0.717) is 12.7 Å². The van der Waals surface area contributed by atoms with Crippen molar-refractivity contribution in [2.24, 2.45) is 0 Å². The van der Waals surface area contributed by atoms with Crippen molar-refractivity contribution < 1.29 is 14.2 Å². The average molecular weight is 215 g/mol. The molecule has 2 unspecified atom stereocenters. The molecule has 0 aliphatic carbocycles. The molecule has 88 valence electrons. The SMILES string of the molecule is COCC1(OC2CCNC2)CCCCO1. The first-order valence-corrected chi connectivity index (χ1v) is 5.86. The van der Waals surface area contributed by atoms with Crippen LogP contribution in [0.5, 0.6) is 0 Å². The Balaban J connectivity index is 1.90. The predicted molar refractivity (Wildman–Crippen MR) is 56.8 cm³/mol. The zero-order valence-electron chi connectivity index (χ0n) is 9.46. The van der Waals surface area contributed by atoms with Crippen LogP contribution >= 0.6 is 0 Å². The highest BCUT2D eigenvalue weighted by molar-refractivity contribution is 4.79. The molecule has 2 heterocycles. The van der Waals surface area contributed by atoms with E-state index in [0.717, 1.165) is 39.0 Å². The second kappa shape index (κ2) is 5.25. The maximum absolute atomic E-state index is 6.07. The Morgan fingerprint density at radius 2 is 2.40 bits per heavy atom. The number of rotatable bonds is 4. The second-order valence-electron chi connectivity index (χ2n) is 4.38. The lowest BCUT2D eigenvalue weighted by atomic mass is 10.1. The van der Waals surface area contributed by atoms with Gasteiger partial charge in [0.1, 0.15) is 6.61 Å². The molecule has 2 aliphatic rings. The van der Waals surface area contributed by atoms with E-state index in [1.807, 2.05) is 0 Å². The van der Waals surface area contributed by atoms with Crippen LogP contribution in [-0.2, 0) is 14.2 Å². The molecule has 4 heteroatoms. The molecule has 2 aliphatic heterocycles. The smallest absolute Gasteiger partial charge is 0.192 e. The fraction of sp³-hybridized carbons (Fsp3) is 1.00. The summed E-state index contributed by atoms with van der Waals surface area (Å²) < 4.78 is 17.1. The molecule has 15 heavy (non-hydrogen) atoms. The zero-order chi connectivity index (χ0) is 10.6. The Hall–Kier alpha value is -0.160. The fourth-order valence-electron chi connectivity index (χ4n) is 2.32. The molecule has 0 aromatic carbocycles. The quantitative estimate of drug-likeness (QED) is 0.756. The van der Waals surface area contributed by atoms with Crippen molar-refractivity contribution in [1.29, 1.82) is 0 Å². The van der Waals surface area contributed by atoms with Gasteiger partial charge in [-0.1, -0.05) is 0 Å². The summed E-state index contributed by atoms with van der Waals surface area (Å²) in [6.45, 7) is 3.33. The number of hydrogen-bond acceptors (Lipinski definition) is 4. The van der Waals surface area contributed by atoms with Crippen molar-refractivity contribution in [3.63, 3.8) is 0 Å². The van der Waals surface area contributed by atoms with Gasteiger partial charge in [-0.2, -0.15) is 0 Å². The van der Waals surface area contributed by atoms with E-state index in [1.54, 1.807) is 7.11 Å². The topological polar surface area (TPSA) is 39.7 Å². The molecule has 1 N–H and O–H groups in total. The Morgan fingerprint density at radius 3 is 3.00 bits per heavy atom. The minimum Gasteiger partial charge on any atom is -0.379 e. The summed E-state index contributed by atoms with van der Waals surface area (Å²) in [4.78, 5) is 0. The monoisotopic (exact) mass is 215 g/mol. The molecule has 0 saturated carbocycles. The number of methoxy groups -OCH3 is 1. The van der Waals surface area contributed by atoms with Gasteiger partial charge >= 0.3 is 0 Å². The fourth-order valence-corrected chi connectivity index (χ4v) is 2.32. The highest BCUT2D eigenvalue weighted by atomic mass is 16.7. The van der Waals surface area contributed by atoms with E-state index >= 15 is 0 Å². The summed E-state index contributed by atoms with van der Waals surface area (Å²) in [6, 6.07) is 0. The molecule has 2 saturated heterocycles. The molecular formula is C11H21NO3. The summed E-state index contributed by atoms with van der Waals surface area (Å²) in [5.41, 5.74) is 0. The van der Waals surface area contributed by atoms with Gasteiger partial charge in [-0.15, -0.1) is 0 Å². The Morgan fingerprint density at radius 1 is 1.47 bits per heavy atom. The van der Waals surface area contributed by atoms with Gasteiger partial charge in [0.05, 0.1) is 12.7 Å². The average Bonchev–Trinajstić information content (AvgIpc) is 2.72. The second-order valence-corrected chi connectivity index (χ2v) is 4.38. The number of nitrogens with one attached hydrogen (secondary N) is 1. The minimum atomic E-state index is -0.469. The summed E-state index contributed by atoms with van der Waals surface area (Å²) in [6.07, 6.45) is 4.63.